The van der Waals surface area contributed by atoms with Crippen molar-refractivity contribution in [1.29, 1.82) is 0 Å². The normalized spacial score (nSPS) is 10.9. The van der Waals surface area contributed by atoms with E-state index in [-0.39, 0.29) is 5.91 Å². The molecule has 0 fully saturated rings. The zero-order valence-corrected chi connectivity index (χ0v) is 14.5. The minimum absolute atomic E-state index is 0.284. The van der Waals surface area contributed by atoms with E-state index in [0.717, 1.165) is 15.6 Å². The molecule has 0 radical (unpaired) electrons. The van der Waals surface area contributed by atoms with Gasteiger partial charge < -0.3 is 5.32 Å². The van der Waals surface area contributed by atoms with Crippen LogP contribution in [0.5, 0.6) is 0 Å². The lowest BCUT2D eigenvalue weighted by Gasteiger charge is -2.06. The lowest BCUT2D eigenvalue weighted by molar-refractivity contribution is 0.103. The molecule has 0 saturated carbocycles. The van der Waals surface area contributed by atoms with E-state index in [1.165, 1.54) is 11.3 Å². The number of hydrogen-bond donors (Lipinski definition) is 1. The molecular weight excluding hydrogens is 361 g/mol. The molecule has 1 amide bonds. The van der Waals surface area contributed by atoms with E-state index >= 15 is 0 Å². The van der Waals surface area contributed by atoms with Crippen LogP contribution in [0.25, 0.3) is 10.1 Å². The number of rotatable bonds is 2. The Morgan fingerprint density at radius 2 is 1.86 bits per heavy atom. The Bertz CT molecular complexity index is 888. The smallest absolute Gasteiger partial charge is 0.267 e. The van der Waals surface area contributed by atoms with Crippen LogP contribution in [0.3, 0.4) is 0 Å². The third-order valence-corrected chi connectivity index (χ3v) is 5.37. The van der Waals surface area contributed by atoms with Crippen molar-refractivity contribution in [3.8, 4) is 0 Å². The third kappa shape index (κ3) is 2.95. The summed E-state index contributed by atoms with van der Waals surface area (Å²) in [6.45, 7) is 2.00. The Labute approximate surface area is 146 Å². The van der Waals surface area contributed by atoms with Gasteiger partial charge in [0, 0.05) is 15.1 Å². The van der Waals surface area contributed by atoms with E-state index in [0.29, 0.717) is 25.6 Å². The number of halogens is 3. The number of fused-ring (bicyclic) bond motifs is 1. The third-order valence-electron chi connectivity index (χ3n) is 3.17. The van der Waals surface area contributed by atoms with Gasteiger partial charge in [0.25, 0.3) is 5.91 Å². The molecule has 0 unspecified atom stereocenters. The molecule has 1 heterocycles. The van der Waals surface area contributed by atoms with Gasteiger partial charge in [-0.1, -0.05) is 46.9 Å². The van der Waals surface area contributed by atoms with Crippen molar-refractivity contribution in [3.63, 3.8) is 0 Å². The molecule has 1 aromatic heterocycles. The van der Waals surface area contributed by atoms with Gasteiger partial charge in [-0.3, -0.25) is 4.79 Å². The van der Waals surface area contributed by atoms with Crippen molar-refractivity contribution in [3.05, 3.63) is 61.9 Å². The number of carbonyl (C=O) groups excluding carboxylic acids is 1. The van der Waals surface area contributed by atoms with Gasteiger partial charge in [0.15, 0.2) is 0 Å². The lowest BCUT2D eigenvalue weighted by atomic mass is 10.2. The highest BCUT2D eigenvalue weighted by Crippen LogP contribution is 2.36. The molecule has 0 atom stereocenters. The van der Waals surface area contributed by atoms with Gasteiger partial charge in [-0.25, -0.2) is 0 Å². The topological polar surface area (TPSA) is 29.1 Å². The lowest BCUT2D eigenvalue weighted by Crippen LogP contribution is -2.10. The van der Waals surface area contributed by atoms with Gasteiger partial charge in [0.2, 0.25) is 0 Å². The second-order valence-corrected chi connectivity index (χ2v) is 7.10. The van der Waals surface area contributed by atoms with Crippen molar-refractivity contribution < 1.29 is 4.79 Å². The second kappa shape index (κ2) is 6.09. The summed E-state index contributed by atoms with van der Waals surface area (Å²) < 4.78 is 0.984. The summed E-state index contributed by atoms with van der Waals surface area (Å²) >= 11 is 19.6. The van der Waals surface area contributed by atoms with Crippen molar-refractivity contribution >= 4 is 67.8 Å². The maximum absolute atomic E-state index is 12.4. The monoisotopic (exact) mass is 369 g/mol. The molecule has 22 heavy (non-hydrogen) atoms. The van der Waals surface area contributed by atoms with Gasteiger partial charge in [0.05, 0.1) is 15.7 Å². The molecule has 3 aromatic rings. The number of benzene rings is 2. The maximum Gasteiger partial charge on any atom is 0.267 e. The van der Waals surface area contributed by atoms with Crippen LogP contribution in [-0.4, -0.2) is 5.91 Å². The molecule has 6 heteroatoms. The zero-order chi connectivity index (χ0) is 15.9. The van der Waals surface area contributed by atoms with Gasteiger partial charge >= 0.3 is 0 Å². The minimum Gasteiger partial charge on any atom is -0.320 e. The zero-order valence-electron chi connectivity index (χ0n) is 11.4. The fourth-order valence-electron chi connectivity index (χ4n) is 2.09. The molecule has 2 aromatic carbocycles. The van der Waals surface area contributed by atoms with Crippen molar-refractivity contribution in [1.82, 2.24) is 0 Å². The predicted octanol–water partition coefficient (Wildman–Crippen LogP) is 6.42. The Morgan fingerprint density at radius 3 is 2.59 bits per heavy atom. The number of hydrogen-bond acceptors (Lipinski definition) is 2. The SMILES string of the molecule is Cc1ccc2c(Cl)c(C(=O)Nc3ccc(Cl)cc3Cl)sc2c1. The molecule has 1 N–H and O–H groups in total. The number of amides is 1. The molecule has 112 valence electrons. The van der Waals surface area contributed by atoms with Crippen LogP contribution in [0.15, 0.2) is 36.4 Å². The highest BCUT2D eigenvalue weighted by Gasteiger charge is 2.18. The van der Waals surface area contributed by atoms with E-state index in [4.69, 9.17) is 34.8 Å². The Hall–Kier alpha value is -1.26. The summed E-state index contributed by atoms with van der Waals surface area (Å²) in [7, 11) is 0. The molecule has 0 aliphatic carbocycles. The van der Waals surface area contributed by atoms with Gasteiger partial charge in [0.1, 0.15) is 4.88 Å². The predicted molar refractivity (Wildman–Crippen MR) is 96.0 cm³/mol. The number of aryl methyl sites for hydroxylation is 1. The Kier molecular flexibility index (Phi) is 4.33. The largest absolute Gasteiger partial charge is 0.320 e. The fourth-order valence-corrected chi connectivity index (χ4v) is 4.05. The average molecular weight is 371 g/mol. The fraction of sp³-hybridized carbons (Fsp3) is 0.0625. The van der Waals surface area contributed by atoms with E-state index in [1.807, 2.05) is 25.1 Å². The van der Waals surface area contributed by atoms with E-state index < -0.39 is 0 Å². The van der Waals surface area contributed by atoms with Crippen molar-refractivity contribution in [2.75, 3.05) is 5.32 Å². The summed E-state index contributed by atoms with van der Waals surface area (Å²) in [5.41, 5.74) is 1.62. The van der Waals surface area contributed by atoms with Gasteiger partial charge in [-0.2, -0.15) is 0 Å². The molecule has 0 bridgehead atoms. The van der Waals surface area contributed by atoms with E-state index in [2.05, 4.69) is 5.32 Å². The highest BCUT2D eigenvalue weighted by atomic mass is 35.5. The molecule has 3 rings (SSSR count). The van der Waals surface area contributed by atoms with Gasteiger partial charge in [-0.15, -0.1) is 11.3 Å². The number of nitrogens with one attached hydrogen (secondary N) is 1. The summed E-state index contributed by atoms with van der Waals surface area (Å²) in [6.07, 6.45) is 0. The van der Waals surface area contributed by atoms with Crippen LogP contribution in [-0.2, 0) is 0 Å². The maximum atomic E-state index is 12.4. The van der Waals surface area contributed by atoms with Crippen molar-refractivity contribution in [2.24, 2.45) is 0 Å². The quantitative estimate of drug-likeness (QED) is 0.554. The highest BCUT2D eigenvalue weighted by molar-refractivity contribution is 7.21. The number of thiophene rings is 1. The first kappa shape index (κ1) is 15.6. The average Bonchev–Trinajstić information content (AvgIpc) is 2.78. The van der Waals surface area contributed by atoms with Crippen LogP contribution >= 0.6 is 46.1 Å². The molecular formula is C16H10Cl3NOS. The van der Waals surface area contributed by atoms with Crippen LogP contribution < -0.4 is 5.32 Å². The number of carbonyl (C=O) groups is 1. The first-order chi connectivity index (χ1) is 10.5. The number of anilines is 1. The molecule has 0 spiro atoms. The summed E-state index contributed by atoms with van der Waals surface area (Å²) in [5, 5.41) is 5.00. The summed E-state index contributed by atoms with van der Waals surface area (Å²) in [6, 6.07) is 10.8. The molecule has 0 aliphatic heterocycles. The van der Waals surface area contributed by atoms with E-state index in [1.54, 1.807) is 18.2 Å². The van der Waals surface area contributed by atoms with Crippen LogP contribution in [0, 0.1) is 6.92 Å². The van der Waals surface area contributed by atoms with Crippen LogP contribution in [0.4, 0.5) is 5.69 Å². The second-order valence-electron chi connectivity index (χ2n) is 4.82. The van der Waals surface area contributed by atoms with Gasteiger partial charge in [-0.05, 0) is 36.8 Å². The Balaban J connectivity index is 1.97. The van der Waals surface area contributed by atoms with Crippen molar-refractivity contribution in [2.45, 2.75) is 6.92 Å². The first-order valence-electron chi connectivity index (χ1n) is 6.41. The summed E-state index contributed by atoms with van der Waals surface area (Å²) in [4.78, 5) is 12.9. The van der Waals surface area contributed by atoms with E-state index in [9.17, 15) is 4.79 Å². The molecule has 2 nitrogen and oxygen atoms in total. The minimum atomic E-state index is -0.284. The summed E-state index contributed by atoms with van der Waals surface area (Å²) in [5.74, 6) is -0.284. The molecule has 0 saturated heterocycles. The standard InChI is InChI=1S/C16H10Cl3NOS/c1-8-2-4-10-13(6-8)22-15(14(10)19)16(21)20-12-5-3-9(17)7-11(12)18/h2-7H,1H3,(H,20,21). The first-order valence-corrected chi connectivity index (χ1v) is 8.36. The van der Waals surface area contributed by atoms with Crippen LogP contribution in [0.1, 0.15) is 15.2 Å². The van der Waals surface area contributed by atoms with Crippen LogP contribution in [0.2, 0.25) is 15.1 Å². The Morgan fingerprint density at radius 1 is 1.09 bits per heavy atom. The molecule has 0 aliphatic rings.